The second-order valence-corrected chi connectivity index (χ2v) is 7.50. The molecule has 0 aromatic rings. The topological polar surface area (TPSA) is 58.1 Å². The van der Waals surface area contributed by atoms with Crippen LogP contribution in [0.1, 0.15) is 45.4 Å². The molecule has 2 fully saturated rings. The quantitative estimate of drug-likeness (QED) is 0.269. The fraction of sp³-hybridized carbons (Fsp3) is 0.947. The molecule has 2 aliphatic rings. The van der Waals surface area contributed by atoms with E-state index in [0.717, 1.165) is 51.8 Å². The minimum absolute atomic E-state index is 0. The van der Waals surface area contributed by atoms with Crippen LogP contribution >= 0.6 is 24.0 Å². The molecule has 1 unspecified atom stereocenters. The second-order valence-electron chi connectivity index (χ2n) is 7.50. The highest BCUT2D eigenvalue weighted by molar-refractivity contribution is 14.0. The van der Waals surface area contributed by atoms with Crippen molar-refractivity contribution >= 4 is 29.9 Å². The van der Waals surface area contributed by atoms with Crippen molar-refractivity contribution in [3.05, 3.63) is 0 Å². The molecule has 1 atom stereocenters. The lowest BCUT2D eigenvalue weighted by Gasteiger charge is -2.40. The lowest BCUT2D eigenvalue weighted by Crippen LogP contribution is -2.46. The van der Waals surface area contributed by atoms with Gasteiger partial charge in [-0.05, 0) is 51.0 Å². The first-order valence-corrected chi connectivity index (χ1v) is 9.97. The maximum absolute atomic E-state index is 5.29. The summed E-state index contributed by atoms with van der Waals surface area (Å²) in [6, 6.07) is 0.588. The third-order valence-corrected chi connectivity index (χ3v) is 5.75. The molecule has 1 saturated heterocycles. The zero-order valence-electron chi connectivity index (χ0n) is 16.9. The van der Waals surface area contributed by atoms with Crippen LogP contribution in [0.5, 0.6) is 0 Å². The van der Waals surface area contributed by atoms with Gasteiger partial charge in [0.15, 0.2) is 5.96 Å². The summed E-state index contributed by atoms with van der Waals surface area (Å²) in [7, 11) is 3.57. The van der Waals surface area contributed by atoms with Crippen LogP contribution in [-0.4, -0.2) is 77.1 Å². The SMILES string of the molecule is CCNC(=NCC1(CCOC)CCC1)NCC1CCCN1CCOC.I. The molecule has 0 aromatic carbocycles. The third-order valence-electron chi connectivity index (χ3n) is 5.75. The number of rotatable bonds is 11. The van der Waals surface area contributed by atoms with Crippen molar-refractivity contribution in [2.45, 2.75) is 51.5 Å². The molecule has 0 spiro atoms. The molecule has 2 N–H and O–H groups in total. The molecule has 1 aliphatic carbocycles. The van der Waals surface area contributed by atoms with Crippen LogP contribution in [0.15, 0.2) is 4.99 Å². The Labute approximate surface area is 176 Å². The van der Waals surface area contributed by atoms with E-state index in [1.54, 1.807) is 14.2 Å². The van der Waals surface area contributed by atoms with E-state index >= 15 is 0 Å². The monoisotopic (exact) mass is 482 g/mol. The van der Waals surface area contributed by atoms with Crippen LogP contribution in [0.25, 0.3) is 0 Å². The average Bonchev–Trinajstić information content (AvgIpc) is 3.03. The summed E-state index contributed by atoms with van der Waals surface area (Å²) >= 11 is 0. The molecule has 6 nitrogen and oxygen atoms in total. The van der Waals surface area contributed by atoms with Gasteiger partial charge in [0, 0.05) is 53.0 Å². The van der Waals surface area contributed by atoms with E-state index in [-0.39, 0.29) is 24.0 Å². The first-order valence-electron chi connectivity index (χ1n) is 9.97. The highest BCUT2D eigenvalue weighted by Gasteiger charge is 2.36. The summed E-state index contributed by atoms with van der Waals surface area (Å²) in [5, 5.41) is 6.98. The lowest BCUT2D eigenvalue weighted by atomic mass is 9.67. The molecule has 26 heavy (non-hydrogen) atoms. The summed E-state index contributed by atoms with van der Waals surface area (Å²) < 4.78 is 10.5. The van der Waals surface area contributed by atoms with Gasteiger partial charge in [-0.1, -0.05) is 6.42 Å². The Hall–Kier alpha value is -0.120. The zero-order chi connectivity index (χ0) is 18.0. The Morgan fingerprint density at radius 3 is 2.54 bits per heavy atom. The molecular weight excluding hydrogens is 443 g/mol. The van der Waals surface area contributed by atoms with Crippen LogP contribution in [-0.2, 0) is 9.47 Å². The predicted octanol–water partition coefficient (Wildman–Crippen LogP) is 2.48. The molecule has 1 heterocycles. The van der Waals surface area contributed by atoms with Crippen LogP contribution in [0.4, 0.5) is 0 Å². The Morgan fingerprint density at radius 1 is 1.15 bits per heavy atom. The largest absolute Gasteiger partial charge is 0.385 e. The second kappa shape index (κ2) is 13.1. The minimum atomic E-state index is 0. The number of hydrogen-bond donors (Lipinski definition) is 2. The number of methoxy groups -OCH3 is 2. The van der Waals surface area contributed by atoms with Crippen molar-refractivity contribution < 1.29 is 9.47 Å². The van der Waals surface area contributed by atoms with Crippen molar-refractivity contribution in [2.24, 2.45) is 10.4 Å². The van der Waals surface area contributed by atoms with E-state index in [1.165, 1.54) is 38.6 Å². The lowest BCUT2D eigenvalue weighted by molar-refractivity contribution is 0.0778. The molecule has 0 bridgehead atoms. The van der Waals surface area contributed by atoms with Crippen LogP contribution in [0, 0.1) is 5.41 Å². The van der Waals surface area contributed by atoms with E-state index in [0.29, 0.717) is 11.5 Å². The Bertz CT molecular complexity index is 405. The van der Waals surface area contributed by atoms with Crippen molar-refractivity contribution in [3.8, 4) is 0 Å². The van der Waals surface area contributed by atoms with Gasteiger partial charge in [0.2, 0.25) is 0 Å². The fourth-order valence-corrected chi connectivity index (χ4v) is 3.91. The van der Waals surface area contributed by atoms with E-state index in [1.807, 2.05) is 0 Å². The van der Waals surface area contributed by atoms with Crippen LogP contribution < -0.4 is 10.6 Å². The van der Waals surface area contributed by atoms with Crippen LogP contribution in [0.2, 0.25) is 0 Å². The number of guanidine groups is 1. The molecule has 154 valence electrons. The van der Waals surface area contributed by atoms with E-state index < -0.39 is 0 Å². The highest BCUT2D eigenvalue weighted by Crippen LogP contribution is 2.44. The summed E-state index contributed by atoms with van der Waals surface area (Å²) in [6.07, 6.45) is 7.57. The molecule has 7 heteroatoms. The Balaban J connectivity index is 0.00000338. The summed E-state index contributed by atoms with van der Waals surface area (Å²) in [6.45, 7) is 8.75. The fourth-order valence-electron chi connectivity index (χ4n) is 3.91. The number of hydrogen-bond acceptors (Lipinski definition) is 4. The van der Waals surface area contributed by atoms with Gasteiger partial charge < -0.3 is 20.1 Å². The normalized spacial score (nSPS) is 22.6. The van der Waals surface area contributed by atoms with Gasteiger partial charge in [-0.15, -0.1) is 24.0 Å². The van der Waals surface area contributed by atoms with Gasteiger partial charge in [-0.3, -0.25) is 9.89 Å². The smallest absolute Gasteiger partial charge is 0.191 e. The molecule has 0 aromatic heterocycles. The van der Waals surface area contributed by atoms with Gasteiger partial charge in [-0.2, -0.15) is 0 Å². The van der Waals surface area contributed by atoms with E-state index in [4.69, 9.17) is 14.5 Å². The number of nitrogens with one attached hydrogen (secondary N) is 2. The molecule has 1 saturated carbocycles. The van der Waals surface area contributed by atoms with Gasteiger partial charge in [0.05, 0.1) is 6.61 Å². The number of nitrogens with zero attached hydrogens (tertiary/aromatic N) is 2. The van der Waals surface area contributed by atoms with Crippen molar-refractivity contribution in [2.75, 3.05) is 60.2 Å². The van der Waals surface area contributed by atoms with Crippen molar-refractivity contribution in [3.63, 3.8) is 0 Å². The molecule has 0 amide bonds. The van der Waals surface area contributed by atoms with Gasteiger partial charge >= 0.3 is 0 Å². The first-order chi connectivity index (χ1) is 12.2. The van der Waals surface area contributed by atoms with Crippen molar-refractivity contribution in [1.29, 1.82) is 0 Å². The van der Waals surface area contributed by atoms with Crippen molar-refractivity contribution in [1.82, 2.24) is 15.5 Å². The maximum atomic E-state index is 5.29. The van der Waals surface area contributed by atoms with Crippen LogP contribution in [0.3, 0.4) is 0 Å². The predicted molar refractivity (Wildman–Crippen MR) is 119 cm³/mol. The van der Waals surface area contributed by atoms with E-state index in [9.17, 15) is 0 Å². The summed E-state index contributed by atoms with van der Waals surface area (Å²) in [5.41, 5.74) is 0.371. The van der Waals surface area contributed by atoms with Gasteiger partial charge in [0.1, 0.15) is 0 Å². The van der Waals surface area contributed by atoms with Gasteiger partial charge in [0.25, 0.3) is 0 Å². The Morgan fingerprint density at radius 2 is 1.92 bits per heavy atom. The number of ether oxygens (including phenoxy) is 2. The highest BCUT2D eigenvalue weighted by atomic mass is 127. The number of likely N-dealkylation sites (tertiary alicyclic amines) is 1. The maximum Gasteiger partial charge on any atom is 0.191 e. The summed E-state index contributed by atoms with van der Waals surface area (Å²) in [5.74, 6) is 0.963. The van der Waals surface area contributed by atoms with E-state index in [2.05, 4.69) is 22.5 Å². The zero-order valence-corrected chi connectivity index (χ0v) is 19.2. The molecular formula is C19H39IN4O2. The number of aliphatic imine (C=N–C) groups is 1. The Kier molecular flexibility index (Phi) is 12.1. The average molecular weight is 482 g/mol. The third kappa shape index (κ3) is 7.48. The molecule has 2 rings (SSSR count). The molecule has 0 radical (unpaired) electrons. The first kappa shape index (κ1) is 23.9. The minimum Gasteiger partial charge on any atom is -0.385 e. The number of halogens is 1. The standard InChI is InChI=1S/C19H38N4O2.HI/c1-4-20-18(22-16-19(8-6-9-19)10-13-24-2)21-15-17-7-5-11-23(17)12-14-25-3;/h17H,4-16H2,1-3H3,(H2,20,21,22);1H. The van der Waals surface area contributed by atoms with Gasteiger partial charge in [-0.25, -0.2) is 0 Å². The summed E-state index contributed by atoms with van der Waals surface area (Å²) in [4.78, 5) is 7.44. The molecule has 1 aliphatic heterocycles.